The summed E-state index contributed by atoms with van der Waals surface area (Å²) in [6, 6.07) is -0.987. The van der Waals surface area contributed by atoms with E-state index >= 15 is 0 Å². The lowest BCUT2D eigenvalue weighted by Gasteiger charge is -2.24. The molecular weight excluding hydrogens is 220 g/mol. The smallest absolute Gasteiger partial charge is 0.328 e. The molecule has 1 rings (SSSR count). The molecule has 0 unspecified atom stereocenters. The van der Waals surface area contributed by atoms with Crippen LogP contribution >= 0.6 is 12.4 Å². The topological polar surface area (TPSA) is 72.6 Å². The van der Waals surface area contributed by atoms with Crippen molar-refractivity contribution in [3.05, 3.63) is 0 Å². The highest BCUT2D eigenvalue weighted by Crippen LogP contribution is 2.18. The van der Waals surface area contributed by atoms with Crippen molar-refractivity contribution < 1.29 is 14.3 Å². The zero-order valence-corrected chi connectivity index (χ0v) is 9.75. The number of nitrogens with two attached hydrogens (primary N) is 1. The molecule has 2 N–H and O–H groups in total. The zero-order valence-electron chi connectivity index (χ0n) is 8.93. The van der Waals surface area contributed by atoms with Gasteiger partial charge in [0, 0.05) is 6.54 Å². The minimum atomic E-state index is -0.555. The molecule has 1 saturated heterocycles. The Morgan fingerprint density at radius 2 is 2.13 bits per heavy atom. The number of halogens is 1. The van der Waals surface area contributed by atoms with Crippen LogP contribution in [0.5, 0.6) is 0 Å². The molecule has 1 aliphatic heterocycles. The van der Waals surface area contributed by atoms with Gasteiger partial charge in [0.15, 0.2) is 0 Å². The summed E-state index contributed by atoms with van der Waals surface area (Å²) in [5, 5.41) is 0. The monoisotopic (exact) mass is 236 g/mol. The molecule has 15 heavy (non-hydrogen) atoms. The van der Waals surface area contributed by atoms with Crippen molar-refractivity contribution in [1.82, 2.24) is 4.90 Å². The summed E-state index contributed by atoms with van der Waals surface area (Å²) in [4.78, 5) is 24.4. The average molecular weight is 237 g/mol. The van der Waals surface area contributed by atoms with Crippen LogP contribution in [0.25, 0.3) is 0 Å². The first-order valence-corrected chi connectivity index (χ1v) is 4.71. The van der Waals surface area contributed by atoms with E-state index in [1.165, 1.54) is 12.0 Å². The van der Waals surface area contributed by atoms with Crippen LogP contribution in [0.1, 0.15) is 19.8 Å². The van der Waals surface area contributed by atoms with Gasteiger partial charge < -0.3 is 15.4 Å². The first-order valence-electron chi connectivity index (χ1n) is 4.71. The molecule has 2 atom stereocenters. The van der Waals surface area contributed by atoms with Gasteiger partial charge in [0.2, 0.25) is 5.91 Å². The standard InChI is InChI=1S/C9H16N2O3.ClH/c1-6(10)8(12)11-5-3-4-7(11)9(13)14-2;/h6-7H,3-5,10H2,1-2H3;1H/t6-,7-;/m0./s1. The summed E-state index contributed by atoms with van der Waals surface area (Å²) < 4.78 is 4.62. The third kappa shape index (κ3) is 3.07. The SMILES string of the molecule is COC(=O)[C@@H]1CCCN1C(=O)[C@H](C)N.Cl. The van der Waals surface area contributed by atoms with Gasteiger partial charge in [0.1, 0.15) is 6.04 Å². The zero-order chi connectivity index (χ0) is 10.7. The van der Waals surface area contributed by atoms with E-state index in [0.717, 1.165) is 6.42 Å². The van der Waals surface area contributed by atoms with Crippen LogP contribution < -0.4 is 5.73 Å². The van der Waals surface area contributed by atoms with Crippen molar-refractivity contribution in [2.24, 2.45) is 5.73 Å². The third-order valence-corrected chi connectivity index (χ3v) is 2.40. The van der Waals surface area contributed by atoms with Crippen molar-refractivity contribution >= 4 is 24.3 Å². The van der Waals surface area contributed by atoms with E-state index in [2.05, 4.69) is 4.74 Å². The van der Waals surface area contributed by atoms with Gasteiger partial charge in [-0.15, -0.1) is 12.4 Å². The van der Waals surface area contributed by atoms with E-state index < -0.39 is 12.1 Å². The summed E-state index contributed by atoms with van der Waals surface area (Å²) in [7, 11) is 1.33. The summed E-state index contributed by atoms with van der Waals surface area (Å²) >= 11 is 0. The fourth-order valence-corrected chi connectivity index (χ4v) is 1.67. The van der Waals surface area contributed by atoms with E-state index in [1.807, 2.05) is 0 Å². The minimum Gasteiger partial charge on any atom is -0.467 e. The van der Waals surface area contributed by atoms with Crippen molar-refractivity contribution in [2.45, 2.75) is 31.8 Å². The lowest BCUT2D eigenvalue weighted by molar-refractivity contribution is -0.151. The molecule has 0 radical (unpaired) electrons. The van der Waals surface area contributed by atoms with E-state index in [1.54, 1.807) is 6.92 Å². The van der Waals surface area contributed by atoms with E-state index in [-0.39, 0.29) is 24.3 Å². The number of hydrogen-bond acceptors (Lipinski definition) is 4. The lowest BCUT2D eigenvalue weighted by atomic mass is 10.2. The second kappa shape index (κ2) is 5.92. The van der Waals surface area contributed by atoms with E-state index in [0.29, 0.717) is 13.0 Å². The molecule has 1 aliphatic rings. The lowest BCUT2D eigenvalue weighted by Crippen LogP contribution is -2.47. The Bertz CT molecular complexity index is 246. The number of rotatable bonds is 2. The number of amides is 1. The highest BCUT2D eigenvalue weighted by atomic mass is 35.5. The fourth-order valence-electron chi connectivity index (χ4n) is 1.67. The van der Waals surface area contributed by atoms with Crippen LogP contribution in [-0.4, -0.2) is 42.5 Å². The number of carbonyl (C=O) groups excluding carboxylic acids is 2. The van der Waals surface area contributed by atoms with E-state index in [9.17, 15) is 9.59 Å². The van der Waals surface area contributed by atoms with Crippen LogP contribution in [-0.2, 0) is 14.3 Å². The van der Waals surface area contributed by atoms with Gasteiger partial charge in [-0.25, -0.2) is 4.79 Å². The molecule has 0 saturated carbocycles. The molecule has 0 aromatic heterocycles. The van der Waals surface area contributed by atoms with Gasteiger partial charge >= 0.3 is 5.97 Å². The number of methoxy groups -OCH3 is 1. The van der Waals surface area contributed by atoms with Crippen molar-refractivity contribution in [3.63, 3.8) is 0 Å². The Kier molecular flexibility index (Phi) is 5.60. The van der Waals surface area contributed by atoms with E-state index in [4.69, 9.17) is 5.73 Å². The Hall–Kier alpha value is -0.810. The average Bonchev–Trinajstić information content (AvgIpc) is 2.63. The number of ether oxygens (including phenoxy) is 1. The summed E-state index contributed by atoms with van der Waals surface area (Å²) in [6.45, 7) is 2.22. The van der Waals surface area contributed by atoms with Gasteiger partial charge in [0.25, 0.3) is 0 Å². The molecule has 1 amide bonds. The Morgan fingerprint density at radius 3 is 2.60 bits per heavy atom. The van der Waals surface area contributed by atoms with Crippen molar-refractivity contribution in [2.75, 3.05) is 13.7 Å². The molecule has 5 nitrogen and oxygen atoms in total. The number of likely N-dealkylation sites (tertiary alicyclic amines) is 1. The first-order chi connectivity index (χ1) is 6.57. The molecule has 0 aromatic rings. The van der Waals surface area contributed by atoms with Crippen LogP contribution in [0.3, 0.4) is 0 Å². The molecule has 0 aliphatic carbocycles. The van der Waals surface area contributed by atoms with Crippen LogP contribution in [0.15, 0.2) is 0 Å². The van der Waals surface area contributed by atoms with Gasteiger partial charge in [-0.3, -0.25) is 4.79 Å². The summed E-state index contributed by atoms with van der Waals surface area (Å²) in [5.74, 6) is -0.533. The molecule has 0 bridgehead atoms. The minimum absolute atomic E-state index is 0. The second-order valence-electron chi connectivity index (χ2n) is 3.50. The molecular formula is C9H17ClN2O3. The molecule has 0 aromatic carbocycles. The van der Waals surface area contributed by atoms with Gasteiger partial charge in [-0.05, 0) is 19.8 Å². The predicted octanol–water partition coefficient (Wildman–Crippen LogP) is -0.0806. The number of nitrogens with zero attached hydrogens (tertiary/aromatic N) is 1. The highest BCUT2D eigenvalue weighted by Gasteiger charge is 2.35. The van der Waals surface area contributed by atoms with Gasteiger partial charge in [-0.2, -0.15) is 0 Å². The molecule has 0 spiro atoms. The Labute approximate surface area is 95.3 Å². The molecule has 6 heteroatoms. The third-order valence-electron chi connectivity index (χ3n) is 2.40. The van der Waals surface area contributed by atoms with Crippen LogP contribution in [0.4, 0.5) is 0 Å². The van der Waals surface area contributed by atoms with Gasteiger partial charge in [-0.1, -0.05) is 0 Å². The molecule has 1 fully saturated rings. The van der Waals surface area contributed by atoms with Crippen molar-refractivity contribution in [3.8, 4) is 0 Å². The summed E-state index contributed by atoms with van der Waals surface area (Å²) in [6.07, 6.45) is 1.50. The second-order valence-corrected chi connectivity index (χ2v) is 3.50. The maximum Gasteiger partial charge on any atom is 0.328 e. The predicted molar refractivity (Wildman–Crippen MR) is 57.6 cm³/mol. The Balaban J connectivity index is 0.00000196. The van der Waals surface area contributed by atoms with Gasteiger partial charge in [0.05, 0.1) is 13.2 Å². The van der Waals surface area contributed by atoms with Crippen molar-refractivity contribution in [1.29, 1.82) is 0 Å². The number of carbonyl (C=O) groups is 2. The maximum atomic E-state index is 11.6. The van der Waals surface area contributed by atoms with Crippen LogP contribution in [0, 0.1) is 0 Å². The normalized spacial score (nSPS) is 21.8. The maximum absolute atomic E-state index is 11.6. The quantitative estimate of drug-likeness (QED) is 0.681. The largest absolute Gasteiger partial charge is 0.467 e. The highest BCUT2D eigenvalue weighted by molar-refractivity contribution is 5.87. The first kappa shape index (κ1) is 14.2. The molecule has 88 valence electrons. The molecule has 1 heterocycles. The fraction of sp³-hybridized carbons (Fsp3) is 0.778. The number of esters is 1. The summed E-state index contributed by atoms with van der Waals surface area (Å²) in [5.41, 5.74) is 5.48. The Morgan fingerprint density at radius 1 is 1.53 bits per heavy atom. The number of hydrogen-bond donors (Lipinski definition) is 1. The van der Waals surface area contributed by atoms with Crippen LogP contribution in [0.2, 0.25) is 0 Å².